The Bertz CT molecular complexity index is 434. The normalized spacial score (nSPS) is 19.7. The summed E-state index contributed by atoms with van der Waals surface area (Å²) in [7, 11) is 0. The molecule has 7 heteroatoms. The second-order valence-corrected chi connectivity index (χ2v) is 7.74. The van der Waals surface area contributed by atoms with E-state index in [0.717, 1.165) is 0 Å². The van der Waals surface area contributed by atoms with Crippen LogP contribution in [-0.4, -0.2) is 52.9 Å². The predicted molar refractivity (Wildman–Crippen MR) is 88.3 cm³/mol. The number of nitrogens with one attached hydrogen (secondary N) is 2. The van der Waals surface area contributed by atoms with E-state index in [1.807, 2.05) is 27.7 Å². The van der Waals surface area contributed by atoms with Crippen LogP contribution in [-0.2, 0) is 14.4 Å². The van der Waals surface area contributed by atoms with Crippen molar-refractivity contribution in [3.05, 3.63) is 0 Å². The predicted octanol–water partition coefficient (Wildman–Crippen LogP) is 0.965. The molecule has 0 saturated carbocycles. The van der Waals surface area contributed by atoms with E-state index in [9.17, 15) is 14.4 Å². The Morgan fingerprint density at radius 3 is 2.50 bits per heavy atom. The molecule has 2 N–H and O–H groups in total. The average Bonchev–Trinajstić information content (AvgIpc) is 2.86. The fraction of sp³-hybridized carbons (Fsp3) is 0.800. The monoisotopic (exact) mass is 329 g/mol. The van der Waals surface area contributed by atoms with Crippen molar-refractivity contribution in [2.45, 2.75) is 53.1 Å². The number of carbonyl (C=O) groups is 3. The van der Waals surface area contributed by atoms with E-state index in [-0.39, 0.29) is 23.1 Å². The number of thioether (sulfide) groups is 1. The summed E-state index contributed by atoms with van der Waals surface area (Å²) in [6.45, 7) is 9.99. The van der Waals surface area contributed by atoms with Gasteiger partial charge in [0.1, 0.15) is 12.1 Å². The smallest absolute Gasteiger partial charge is 0.244 e. The summed E-state index contributed by atoms with van der Waals surface area (Å²) in [6, 6.07) is -1.09. The molecule has 22 heavy (non-hydrogen) atoms. The molecular weight excluding hydrogens is 302 g/mol. The molecule has 1 fully saturated rings. The van der Waals surface area contributed by atoms with Gasteiger partial charge in [-0.15, -0.1) is 11.8 Å². The topological polar surface area (TPSA) is 78.5 Å². The quantitative estimate of drug-likeness (QED) is 0.788. The maximum Gasteiger partial charge on any atom is 0.244 e. The largest absolute Gasteiger partial charge is 0.355 e. The van der Waals surface area contributed by atoms with E-state index in [4.69, 9.17) is 0 Å². The molecule has 1 rings (SSSR count). The molecule has 0 aromatic heterocycles. The van der Waals surface area contributed by atoms with Gasteiger partial charge in [0, 0.05) is 18.7 Å². The fourth-order valence-corrected chi connectivity index (χ4v) is 3.34. The summed E-state index contributed by atoms with van der Waals surface area (Å²) < 4.78 is 0. The lowest BCUT2D eigenvalue weighted by Gasteiger charge is -2.27. The minimum absolute atomic E-state index is 0.0108. The van der Waals surface area contributed by atoms with Gasteiger partial charge < -0.3 is 15.5 Å². The third-order valence-corrected chi connectivity index (χ3v) is 4.30. The van der Waals surface area contributed by atoms with Crippen molar-refractivity contribution in [2.24, 2.45) is 5.41 Å². The molecular formula is C15H27N3O3S. The Hall–Kier alpha value is -1.24. The molecule has 1 saturated heterocycles. The van der Waals surface area contributed by atoms with Gasteiger partial charge >= 0.3 is 0 Å². The zero-order valence-corrected chi connectivity index (χ0v) is 14.9. The molecule has 0 aromatic carbocycles. The molecule has 1 heterocycles. The lowest BCUT2D eigenvalue weighted by Crippen LogP contribution is -2.53. The maximum absolute atomic E-state index is 12.4. The first-order valence-electron chi connectivity index (χ1n) is 7.61. The highest BCUT2D eigenvalue weighted by Crippen LogP contribution is 2.26. The molecule has 1 aliphatic rings. The summed E-state index contributed by atoms with van der Waals surface area (Å²) in [5.41, 5.74) is -0.111. The van der Waals surface area contributed by atoms with Crippen LogP contribution >= 0.6 is 11.8 Å². The van der Waals surface area contributed by atoms with Crippen molar-refractivity contribution in [1.29, 1.82) is 0 Å². The number of hydrogen-bond donors (Lipinski definition) is 2. The van der Waals surface area contributed by atoms with Gasteiger partial charge in [0.15, 0.2) is 0 Å². The van der Waals surface area contributed by atoms with Crippen molar-refractivity contribution in [3.63, 3.8) is 0 Å². The first-order chi connectivity index (χ1) is 10.2. The van der Waals surface area contributed by atoms with Gasteiger partial charge in [0.25, 0.3) is 0 Å². The lowest BCUT2D eigenvalue weighted by molar-refractivity contribution is -0.140. The second kappa shape index (κ2) is 7.85. The van der Waals surface area contributed by atoms with Crippen LogP contribution in [0.5, 0.6) is 0 Å². The van der Waals surface area contributed by atoms with Crippen LogP contribution in [0.3, 0.4) is 0 Å². The second-order valence-electron chi connectivity index (χ2n) is 6.74. The van der Waals surface area contributed by atoms with Gasteiger partial charge in [-0.1, -0.05) is 20.8 Å². The van der Waals surface area contributed by atoms with Gasteiger partial charge in [0.2, 0.25) is 17.7 Å². The first-order valence-corrected chi connectivity index (χ1v) is 8.76. The number of nitrogens with zero attached hydrogens (tertiary/aromatic N) is 1. The molecule has 2 atom stereocenters. The molecule has 0 aliphatic carbocycles. The van der Waals surface area contributed by atoms with Crippen LogP contribution in [0, 0.1) is 5.41 Å². The SMILES string of the molecule is CCNC(=O)[C@H](C)NC(=O)[C@@H]1CSCN1C(=O)CC(C)(C)C. The van der Waals surface area contributed by atoms with E-state index >= 15 is 0 Å². The number of amides is 3. The van der Waals surface area contributed by atoms with E-state index in [1.54, 1.807) is 23.6 Å². The highest BCUT2D eigenvalue weighted by Gasteiger charge is 2.36. The average molecular weight is 329 g/mol. The minimum Gasteiger partial charge on any atom is -0.355 e. The standard InChI is InChI=1S/C15H27N3O3S/c1-6-16-13(20)10(2)17-14(21)11-8-22-9-18(11)12(19)7-15(3,4)5/h10-11H,6-9H2,1-5H3,(H,16,20)(H,17,21)/t10-,11-/m0/s1. The molecule has 0 radical (unpaired) electrons. The zero-order chi connectivity index (χ0) is 16.9. The molecule has 0 aromatic rings. The summed E-state index contributed by atoms with van der Waals surface area (Å²) >= 11 is 1.56. The molecule has 3 amide bonds. The van der Waals surface area contributed by atoms with Crippen LogP contribution < -0.4 is 10.6 Å². The lowest BCUT2D eigenvalue weighted by atomic mass is 9.91. The summed E-state index contributed by atoms with van der Waals surface area (Å²) in [5, 5.41) is 5.36. The van der Waals surface area contributed by atoms with Crippen LogP contribution in [0.25, 0.3) is 0 Å². The van der Waals surface area contributed by atoms with Crippen molar-refractivity contribution in [2.75, 3.05) is 18.2 Å². The Labute approximate surface area is 136 Å². The van der Waals surface area contributed by atoms with Crippen molar-refractivity contribution >= 4 is 29.5 Å². The van der Waals surface area contributed by atoms with Crippen LogP contribution in [0.2, 0.25) is 0 Å². The summed E-state index contributed by atoms with van der Waals surface area (Å²) in [5.74, 6) is 0.621. The molecule has 0 bridgehead atoms. The van der Waals surface area contributed by atoms with Crippen LogP contribution in [0.15, 0.2) is 0 Å². The molecule has 6 nitrogen and oxygen atoms in total. The molecule has 126 valence electrons. The van der Waals surface area contributed by atoms with E-state index in [1.165, 1.54) is 0 Å². The third-order valence-electron chi connectivity index (χ3n) is 3.29. The van der Waals surface area contributed by atoms with E-state index in [0.29, 0.717) is 24.6 Å². The molecule has 0 spiro atoms. The maximum atomic E-state index is 12.4. The van der Waals surface area contributed by atoms with E-state index in [2.05, 4.69) is 10.6 Å². The Morgan fingerprint density at radius 1 is 1.32 bits per heavy atom. The van der Waals surface area contributed by atoms with Gasteiger partial charge in [-0.3, -0.25) is 14.4 Å². The highest BCUT2D eigenvalue weighted by atomic mass is 32.2. The van der Waals surface area contributed by atoms with Crippen molar-refractivity contribution in [1.82, 2.24) is 15.5 Å². The van der Waals surface area contributed by atoms with Crippen LogP contribution in [0.1, 0.15) is 41.0 Å². The van der Waals surface area contributed by atoms with Crippen LogP contribution in [0.4, 0.5) is 0 Å². The number of likely N-dealkylation sites (N-methyl/N-ethyl adjacent to an activating group) is 1. The minimum atomic E-state index is -0.599. The summed E-state index contributed by atoms with van der Waals surface area (Å²) in [6.07, 6.45) is 0.406. The molecule has 1 aliphatic heterocycles. The Kier molecular flexibility index (Phi) is 6.71. The van der Waals surface area contributed by atoms with E-state index < -0.39 is 12.1 Å². The summed E-state index contributed by atoms with van der Waals surface area (Å²) in [4.78, 5) is 38.0. The number of rotatable bonds is 5. The highest BCUT2D eigenvalue weighted by molar-refractivity contribution is 7.99. The van der Waals surface area contributed by atoms with Gasteiger partial charge in [-0.2, -0.15) is 0 Å². The zero-order valence-electron chi connectivity index (χ0n) is 14.1. The Balaban J connectivity index is 2.64. The first kappa shape index (κ1) is 18.8. The van der Waals surface area contributed by atoms with Crippen molar-refractivity contribution < 1.29 is 14.4 Å². The van der Waals surface area contributed by atoms with Gasteiger partial charge in [-0.25, -0.2) is 0 Å². The third kappa shape index (κ3) is 5.51. The van der Waals surface area contributed by atoms with Crippen molar-refractivity contribution in [3.8, 4) is 0 Å². The number of hydrogen-bond acceptors (Lipinski definition) is 4. The number of carbonyl (C=O) groups excluding carboxylic acids is 3. The fourth-order valence-electron chi connectivity index (χ4n) is 2.16. The molecule has 0 unspecified atom stereocenters. The van der Waals surface area contributed by atoms with Gasteiger partial charge in [-0.05, 0) is 19.3 Å². The van der Waals surface area contributed by atoms with Gasteiger partial charge in [0.05, 0.1) is 5.88 Å². The Morgan fingerprint density at radius 2 is 1.95 bits per heavy atom.